The van der Waals surface area contributed by atoms with E-state index in [1.165, 1.54) is 30.0 Å². The van der Waals surface area contributed by atoms with Gasteiger partial charge in [0, 0.05) is 36.2 Å². The van der Waals surface area contributed by atoms with Gasteiger partial charge >= 0.3 is 5.97 Å². The highest BCUT2D eigenvalue weighted by molar-refractivity contribution is 5.84. The Bertz CT molecular complexity index is 1210. The molecule has 5 heteroatoms. The number of methoxy groups -OCH3 is 1. The second kappa shape index (κ2) is 15.8. The van der Waals surface area contributed by atoms with Crippen molar-refractivity contribution in [3.05, 3.63) is 108 Å². The molecule has 0 amide bonds. The Balaban J connectivity index is 0.000000221. The molecule has 2 unspecified atom stereocenters. The van der Waals surface area contributed by atoms with E-state index in [9.17, 15) is 4.79 Å². The number of nitrogens with one attached hydrogen (secondary N) is 2. The Morgan fingerprint density at radius 2 is 1.55 bits per heavy atom. The van der Waals surface area contributed by atoms with Crippen molar-refractivity contribution in [1.29, 1.82) is 0 Å². The molecule has 5 nitrogen and oxygen atoms in total. The van der Waals surface area contributed by atoms with E-state index in [2.05, 4.69) is 95.9 Å². The first-order valence-electron chi connectivity index (χ1n) is 13.6. The fraction of sp³-hybridized carbons (Fsp3) is 0.364. The summed E-state index contributed by atoms with van der Waals surface area (Å²) in [7, 11) is 3.63. The predicted octanol–water partition coefficient (Wildman–Crippen LogP) is 6.25. The summed E-state index contributed by atoms with van der Waals surface area (Å²) >= 11 is 0. The van der Waals surface area contributed by atoms with Gasteiger partial charge in [0.05, 0.1) is 13.0 Å². The highest BCUT2D eigenvalue weighted by atomic mass is 16.5. The van der Waals surface area contributed by atoms with Gasteiger partial charge in [0.2, 0.25) is 0 Å². The molecule has 0 fully saturated rings. The standard InChI is InChI=1S/C20H28N2.C13H15NO2/c1-3-14-21-20(15-18-10-6-4-7-11-18)17-22(2)16-19-12-8-5-9-13-19;1-9(13(15)16-2)7-10-8-14-12-6-4-3-5-11(10)12/h4-13,20-21H,3,14-17H2,1-2H3;3-6,8-9,14H,7H2,1-2H3. The number of hydrogen-bond acceptors (Lipinski definition) is 4. The molecule has 0 aliphatic rings. The molecule has 0 spiro atoms. The van der Waals surface area contributed by atoms with Crippen LogP contribution in [0.4, 0.5) is 0 Å². The van der Waals surface area contributed by atoms with Crippen molar-refractivity contribution in [3.8, 4) is 0 Å². The van der Waals surface area contributed by atoms with E-state index in [0.29, 0.717) is 12.5 Å². The van der Waals surface area contributed by atoms with Crippen molar-refractivity contribution in [3.63, 3.8) is 0 Å². The lowest BCUT2D eigenvalue weighted by Gasteiger charge is -2.25. The van der Waals surface area contributed by atoms with Crippen LogP contribution in [0.25, 0.3) is 10.9 Å². The third-order valence-corrected chi connectivity index (χ3v) is 6.64. The molecule has 38 heavy (non-hydrogen) atoms. The summed E-state index contributed by atoms with van der Waals surface area (Å²) in [5.41, 5.74) is 5.05. The first-order valence-corrected chi connectivity index (χ1v) is 13.6. The fourth-order valence-corrected chi connectivity index (χ4v) is 4.70. The molecule has 0 saturated heterocycles. The van der Waals surface area contributed by atoms with E-state index in [4.69, 9.17) is 4.74 Å². The summed E-state index contributed by atoms with van der Waals surface area (Å²) in [6, 6.07) is 30.0. The number of aromatic amines is 1. The normalized spacial score (nSPS) is 12.6. The van der Waals surface area contributed by atoms with Crippen LogP contribution in [0.15, 0.2) is 91.1 Å². The van der Waals surface area contributed by atoms with Crippen molar-refractivity contribution >= 4 is 16.9 Å². The molecule has 2 atom stereocenters. The van der Waals surface area contributed by atoms with Gasteiger partial charge in [-0.05, 0) is 55.6 Å². The molecule has 202 valence electrons. The number of esters is 1. The van der Waals surface area contributed by atoms with Crippen LogP contribution < -0.4 is 5.32 Å². The maximum Gasteiger partial charge on any atom is 0.308 e. The molecule has 4 rings (SSSR count). The minimum Gasteiger partial charge on any atom is -0.469 e. The monoisotopic (exact) mass is 513 g/mol. The summed E-state index contributed by atoms with van der Waals surface area (Å²) < 4.78 is 4.72. The summed E-state index contributed by atoms with van der Waals surface area (Å²) in [5.74, 6) is -0.269. The summed E-state index contributed by atoms with van der Waals surface area (Å²) in [6.07, 6.45) is 4.93. The third-order valence-electron chi connectivity index (χ3n) is 6.64. The van der Waals surface area contributed by atoms with E-state index in [1.807, 2.05) is 31.3 Å². The largest absolute Gasteiger partial charge is 0.469 e. The Morgan fingerprint density at radius 1 is 0.921 bits per heavy atom. The second-order valence-corrected chi connectivity index (χ2v) is 10.0. The van der Waals surface area contributed by atoms with Crippen molar-refractivity contribution < 1.29 is 9.53 Å². The Labute approximate surface area is 228 Å². The Morgan fingerprint density at radius 3 is 2.21 bits per heavy atom. The number of carbonyl (C=O) groups is 1. The van der Waals surface area contributed by atoms with E-state index in [1.54, 1.807) is 0 Å². The van der Waals surface area contributed by atoms with Crippen molar-refractivity contribution in [2.45, 2.75) is 45.7 Å². The number of hydrogen-bond donors (Lipinski definition) is 2. The van der Waals surface area contributed by atoms with Gasteiger partial charge in [-0.1, -0.05) is 92.7 Å². The maximum atomic E-state index is 11.3. The van der Waals surface area contributed by atoms with Gasteiger partial charge in [0.15, 0.2) is 0 Å². The number of aromatic nitrogens is 1. The quantitative estimate of drug-likeness (QED) is 0.220. The van der Waals surface area contributed by atoms with Gasteiger partial charge in [-0.2, -0.15) is 0 Å². The predicted molar refractivity (Wildman–Crippen MR) is 158 cm³/mol. The van der Waals surface area contributed by atoms with Crippen LogP contribution in [0.2, 0.25) is 0 Å². The van der Waals surface area contributed by atoms with Gasteiger partial charge in [0.25, 0.3) is 0 Å². The number of ether oxygens (including phenoxy) is 1. The molecule has 3 aromatic carbocycles. The van der Waals surface area contributed by atoms with Gasteiger partial charge in [-0.15, -0.1) is 0 Å². The van der Waals surface area contributed by atoms with Crippen LogP contribution in [-0.2, 0) is 28.9 Å². The second-order valence-electron chi connectivity index (χ2n) is 10.0. The molecular weight excluding hydrogens is 470 g/mol. The lowest BCUT2D eigenvalue weighted by Crippen LogP contribution is -2.41. The average Bonchev–Trinajstić information content (AvgIpc) is 3.35. The minimum absolute atomic E-state index is 0.107. The van der Waals surface area contributed by atoms with E-state index >= 15 is 0 Å². The van der Waals surface area contributed by atoms with Crippen LogP contribution in [0.1, 0.15) is 37.0 Å². The molecule has 2 N–H and O–H groups in total. The molecule has 0 saturated carbocycles. The maximum absolute atomic E-state index is 11.3. The first kappa shape index (κ1) is 29.2. The Kier molecular flexibility index (Phi) is 12.1. The van der Waals surface area contributed by atoms with Crippen LogP contribution in [-0.4, -0.2) is 49.1 Å². The molecule has 1 heterocycles. The molecule has 0 aliphatic heterocycles. The van der Waals surface area contributed by atoms with Crippen molar-refractivity contribution in [2.75, 3.05) is 27.2 Å². The molecule has 1 aromatic heterocycles. The van der Waals surface area contributed by atoms with E-state index < -0.39 is 0 Å². The highest BCUT2D eigenvalue weighted by Gasteiger charge is 2.15. The topological polar surface area (TPSA) is 57.4 Å². The number of likely N-dealkylation sites (N-methyl/N-ethyl adjacent to an activating group) is 1. The van der Waals surface area contributed by atoms with E-state index in [-0.39, 0.29) is 11.9 Å². The van der Waals surface area contributed by atoms with Crippen LogP contribution in [0.5, 0.6) is 0 Å². The number of rotatable bonds is 12. The first-order chi connectivity index (χ1) is 18.5. The van der Waals surface area contributed by atoms with Crippen molar-refractivity contribution in [1.82, 2.24) is 15.2 Å². The third kappa shape index (κ3) is 9.47. The Hall–Kier alpha value is -3.41. The molecular formula is C33H43N3O2. The number of fused-ring (bicyclic) bond motifs is 1. The highest BCUT2D eigenvalue weighted by Crippen LogP contribution is 2.21. The lowest BCUT2D eigenvalue weighted by molar-refractivity contribution is -0.144. The molecule has 4 aromatic rings. The average molecular weight is 514 g/mol. The van der Waals surface area contributed by atoms with Crippen molar-refractivity contribution in [2.24, 2.45) is 5.92 Å². The zero-order valence-corrected chi connectivity index (χ0v) is 23.3. The molecule has 0 bridgehead atoms. The number of carbonyl (C=O) groups excluding carboxylic acids is 1. The SMILES string of the molecule is CCCNC(Cc1ccccc1)CN(C)Cc1ccccc1.COC(=O)C(C)Cc1c[nH]c2ccccc12. The smallest absolute Gasteiger partial charge is 0.308 e. The van der Waals surface area contributed by atoms with Gasteiger partial charge in [-0.25, -0.2) is 0 Å². The summed E-state index contributed by atoms with van der Waals surface area (Å²) in [5, 5.41) is 4.87. The number of nitrogens with zero attached hydrogens (tertiary/aromatic N) is 1. The fourth-order valence-electron chi connectivity index (χ4n) is 4.70. The lowest BCUT2D eigenvalue weighted by atomic mass is 10.0. The number of benzene rings is 3. The number of para-hydroxylation sites is 1. The van der Waals surface area contributed by atoms with Gasteiger partial charge in [-0.3, -0.25) is 4.79 Å². The van der Waals surface area contributed by atoms with Crippen LogP contribution in [0, 0.1) is 5.92 Å². The van der Waals surface area contributed by atoms with Gasteiger partial charge < -0.3 is 19.9 Å². The van der Waals surface area contributed by atoms with Crippen LogP contribution >= 0.6 is 0 Å². The molecule has 0 aliphatic carbocycles. The number of H-pyrrole nitrogens is 1. The zero-order chi connectivity index (χ0) is 27.2. The van der Waals surface area contributed by atoms with Gasteiger partial charge in [0.1, 0.15) is 0 Å². The summed E-state index contributed by atoms with van der Waals surface area (Å²) in [6.45, 7) is 7.24. The summed E-state index contributed by atoms with van der Waals surface area (Å²) in [4.78, 5) is 16.9. The minimum atomic E-state index is -0.162. The van der Waals surface area contributed by atoms with E-state index in [0.717, 1.165) is 37.1 Å². The van der Waals surface area contributed by atoms with Crippen LogP contribution in [0.3, 0.4) is 0 Å². The zero-order valence-electron chi connectivity index (χ0n) is 23.3. The molecule has 0 radical (unpaired) electrons.